The molecule has 14 rings (SSSR count). The number of thiophene rings is 1. The summed E-state index contributed by atoms with van der Waals surface area (Å²) in [7, 11) is 0. The molecule has 0 saturated carbocycles. The van der Waals surface area contributed by atoms with E-state index in [1.807, 2.05) is 17.4 Å². The summed E-state index contributed by atoms with van der Waals surface area (Å²) >= 11 is 1.84. The number of hydrogen-bond donors (Lipinski definition) is 0. The maximum Gasteiger partial charge on any atom is 0.145 e. The monoisotopic (exact) mass is 848 g/mol. The lowest BCUT2D eigenvalue weighted by molar-refractivity contribution is 0.669. The molecule has 14 aromatic rings. The Balaban J connectivity index is 1.07. The molecule has 0 unspecified atom stereocenters. The zero-order chi connectivity index (χ0) is 42.6. The SMILES string of the molecule is c1ccc(N(c2ccc3c(oc4ccccc43)c2-c2ccc(-n3c4ccccc4c4ccccc43)cc2)c2cccc3c2sc2ccccc23)c(-c2cccc3c2oc2ccccc23)c1. The fourth-order valence-electron chi connectivity index (χ4n) is 10.4. The van der Waals surface area contributed by atoms with Gasteiger partial charge in [0.25, 0.3) is 0 Å². The Bertz CT molecular complexity index is 4150. The van der Waals surface area contributed by atoms with Gasteiger partial charge < -0.3 is 18.3 Å². The van der Waals surface area contributed by atoms with Gasteiger partial charge in [0.1, 0.15) is 22.3 Å². The third kappa shape index (κ3) is 5.37. The van der Waals surface area contributed by atoms with Crippen molar-refractivity contribution in [2.24, 2.45) is 0 Å². The second kappa shape index (κ2) is 14.1. The van der Waals surface area contributed by atoms with Crippen molar-refractivity contribution in [3.05, 3.63) is 218 Å². The van der Waals surface area contributed by atoms with Gasteiger partial charge in [0.15, 0.2) is 0 Å². The van der Waals surface area contributed by atoms with Gasteiger partial charge in [-0.2, -0.15) is 0 Å². The number of aromatic nitrogens is 1. The lowest BCUT2D eigenvalue weighted by Gasteiger charge is -2.30. The van der Waals surface area contributed by atoms with Crippen molar-refractivity contribution in [3.8, 4) is 27.9 Å². The van der Waals surface area contributed by atoms with E-state index in [0.717, 1.165) is 88.9 Å². The number of benzene rings is 10. The van der Waals surface area contributed by atoms with Crippen LogP contribution in [0.1, 0.15) is 0 Å². The van der Waals surface area contributed by atoms with Gasteiger partial charge in [-0.3, -0.25) is 0 Å². The summed E-state index contributed by atoms with van der Waals surface area (Å²) in [4.78, 5) is 2.47. The summed E-state index contributed by atoms with van der Waals surface area (Å²) in [5, 5.41) is 9.33. The molecule has 4 heterocycles. The highest BCUT2D eigenvalue weighted by Crippen LogP contribution is 2.52. The van der Waals surface area contributed by atoms with Crippen molar-refractivity contribution in [1.82, 2.24) is 4.57 Å². The highest BCUT2D eigenvalue weighted by Gasteiger charge is 2.27. The Kier molecular flexibility index (Phi) is 7.82. The minimum absolute atomic E-state index is 0.846. The van der Waals surface area contributed by atoms with Crippen molar-refractivity contribution < 1.29 is 8.83 Å². The van der Waals surface area contributed by atoms with Crippen molar-refractivity contribution >= 4 is 114 Å². The first-order valence-electron chi connectivity index (χ1n) is 22.0. The second-order valence-corrected chi connectivity index (χ2v) is 17.8. The van der Waals surface area contributed by atoms with E-state index in [4.69, 9.17) is 8.83 Å². The molecule has 0 amide bonds. The summed E-state index contributed by atoms with van der Waals surface area (Å²) in [6, 6.07) is 78.4. The van der Waals surface area contributed by atoms with Gasteiger partial charge in [-0.25, -0.2) is 0 Å². The van der Waals surface area contributed by atoms with Gasteiger partial charge in [0.05, 0.1) is 32.8 Å². The predicted octanol–water partition coefficient (Wildman–Crippen LogP) is 17.8. The molecule has 0 aliphatic carbocycles. The van der Waals surface area contributed by atoms with Crippen molar-refractivity contribution in [2.45, 2.75) is 0 Å². The summed E-state index contributed by atoms with van der Waals surface area (Å²) in [6.45, 7) is 0. The molecular formula is C60H36N2O2S. The van der Waals surface area contributed by atoms with Crippen LogP contribution in [0.5, 0.6) is 0 Å². The van der Waals surface area contributed by atoms with E-state index in [0.29, 0.717) is 0 Å². The average molecular weight is 849 g/mol. The topological polar surface area (TPSA) is 34.5 Å². The molecule has 0 bridgehead atoms. The number of anilines is 3. The predicted molar refractivity (Wildman–Crippen MR) is 274 cm³/mol. The summed E-state index contributed by atoms with van der Waals surface area (Å²) < 4.78 is 18.6. The Labute approximate surface area is 377 Å². The van der Waals surface area contributed by atoms with Crippen molar-refractivity contribution in [2.75, 3.05) is 4.90 Å². The van der Waals surface area contributed by atoms with Crippen molar-refractivity contribution in [3.63, 3.8) is 0 Å². The maximum atomic E-state index is 7.02. The molecular weight excluding hydrogens is 813 g/mol. The van der Waals surface area contributed by atoms with E-state index >= 15 is 0 Å². The first-order chi connectivity index (χ1) is 32.3. The minimum atomic E-state index is 0.846. The first kappa shape index (κ1) is 36.1. The van der Waals surface area contributed by atoms with Crippen LogP contribution in [0.2, 0.25) is 0 Å². The molecule has 0 N–H and O–H groups in total. The Morgan fingerprint density at radius 2 is 0.892 bits per heavy atom. The largest absolute Gasteiger partial charge is 0.455 e. The number of nitrogens with zero attached hydrogens (tertiary/aromatic N) is 2. The van der Waals surface area contributed by atoms with E-state index in [-0.39, 0.29) is 0 Å². The normalized spacial score (nSPS) is 12.0. The fraction of sp³-hybridized carbons (Fsp3) is 0. The van der Waals surface area contributed by atoms with Gasteiger partial charge in [-0.05, 0) is 72.3 Å². The molecule has 4 nitrogen and oxygen atoms in total. The quantitative estimate of drug-likeness (QED) is 0.167. The van der Waals surface area contributed by atoms with Crippen LogP contribution in [-0.2, 0) is 0 Å². The average Bonchev–Trinajstić information content (AvgIpc) is 4.14. The molecule has 4 aromatic heterocycles. The summed E-state index contributed by atoms with van der Waals surface area (Å²) in [6.07, 6.45) is 0. The summed E-state index contributed by atoms with van der Waals surface area (Å²) in [5.74, 6) is 0. The van der Waals surface area contributed by atoms with E-state index in [1.165, 1.54) is 42.0 Å². The van der Waals surface area contributed by atoms with Gasteiger partial charge in [0.2, 0.25) is 0 Å². The number of rotatable bonds is 6. The number of para-hydroxylation sites is 6. The van der Waals surface area contributed by atoms with Gasteiger partial charge in [-0.15, -0.1) is 11.3 Å². The van der Waals surface area contributed by atoms with Gasteiger partial charge >= 0.3 is 0 Å². The zero-order valence-electron chi connectivity index (χ0n) is 34.9. The Morgan fingerprint density at radius 3 is 1.65 bits per heavy atom. The smallest absolute Gasteiger partial charge is 0.145 e. The highest BCUT2D eigenvalue weighted by molar-refractivity contribution is 7.26. The summed E-state index contributed by atoms with van der Waals surface area (Å²) in [5.41, 5.74) is 14.2. The Hall–Kier alpha value is -8.38. The standard InChI is InChI=1S/C60H36N2O2S/c1-7-24-49-39(15-1)40-16-2-8-25-50(40)61(49)38-33-31-37(32-34-38)57-52(36-35-47-43-19-5-11-29-55(43)64-59(47)57)62(53-27-14-23-48-44-20-6-12-30-56(44)65-60(48)53)51-26-9-3-17-41(51)45-21-13-22-46-42-18-4-10-28-54(42)63-58(45)46/h1-36H. The van der Waals surface area contributed by atoms with Gasteiger partial charge in [-0.1, -0.05) is 152 Å². The van der Waals surface area contributed by atoms with E-state index in [9.17, 15) is 0 Å². The van der Waals surface area contributed by atoms with E-state index in [1.54, 1.807) is 0 Å². The molecule has 0 fully saturated rings. The molecule has 10 aromatic carbocycles. The molecule has 304 valence electrons. The molecule has 0 saturated heterocycles. The van der Waals surface area contributed by atoms with E-state index in [2.05, 4.69) is 222 Å². The van der Waals surface area contributed by atoms with Crippen LogP contribution >= 0.6 is 11.3 Å². The van der Waals surface area contributed by atoms with Crippen LogP contribution in [0.4, 0.5) is 17.1 Å². The van der Waals surface area contributed by atoms with Crippen LogP contribution in [-0.4, -0.2) is 4.57 Å². The Morgan fingerprint density at radius 1 is 0.354 bits per heavy atom. The number of furan rings is 2. The molecule has 0 aliphatic rings. The molecule has 0 aliphatic heterocycles. The minimum Gasteiger partial charge on any atom is -0.455 e. The molecule has 0 spiro atoms. The van der Waals surface area contributed by atoms with Crippen molar-refractivity contribution in [1.29, 1.82) is 0 Å². The number of fused-ring (bicyclic) bond motifs is 12. The van der Waals surface area contributed by atoms with Gasteiger partial charge in [0, 0.05) is 70.2 Å². The first-order valence-corrected chi connectivity index (χ1v) is 22.8. The third-order valence-corrected chi connectivity index (χ3v) is 14.4. The van der Waals surface area contributed by atoms with Crippen LogP contribution in [0, 0.1) is 0 Å². The number of hydrogen-bond acceptors (Lipinski definition) is 4. The lowest BCUT2D eigenvalue weighted by Crippen LogP contribution is -2.13. The van der Waals surface area contributed by atoms with E-state index < -0.39 is 0 Å². The molecule has 0 atom stereocenters. The molecule has 0 radical (unpaired) electrons. The zero-order valence-corrected chi connectivity index (χ0v) is 35.7. The third-order valence-electron chi connectivity index (χ3n) is 13.2. The van der Waals surface area contributed by atoms with Crippen LogP contribution in [0.25, 0.3) is 114 Å². The molecule has 65 heavy (non-hydrogen) atoms. The molecule has 5 heteroatoms. The highest BCUT2D eigenvalue weighted by atomic mass is 32.1. The van der Waals surface area contributed by atoms with Crippen LogP contribution in [0.3, 0.4) is 0 Å². The van der Waals surface area contributed by atoms with Crippen LogP contribution in [0.15, 0.2) is 227 Å². The lowest BCUT2D eigenvalue weighted by atomic mass is 9.96. The maximum absolute atomic E-state index is 7.02. The van der Waals surface area contributed by atoms with Crippen LogP contribution < -0.4 is 4.90 Å². The fourth-order valence-corrected chi connectivity index (χ4v) is 11.6. The second-order valence-electron chi connectivity index (χ2n) is 16.7.